The molecule has 0 aliphatic carbocycles. The normalized spacial score (nSPS) is 14.1. The third-order valence-electron chi connectivity index (χ3n) is 7.47. The molecule has 5 aromatic heterocycles. The van der Waals surface area contributed by atoms with Gasteiger partial charge in [-0.05, 0) is 61.7 Å². The molecule has 1 amide bonds. The van der Waals surface area contributed by atoms with Crippen LogP contribution in [0.4, 0.5) is 10.1 Å². The van der Waals surface area contributed by atoms with Crippen molar-refractivity contribution in [2.45, 2.75) is 19.3 Å². The number of amides is 1. The van der Waals surface area contributed by atoms with Gasteiger partial charge in [-0.3, -0.25) is 24.8 Å². The average molecular weight is 548 g/mol. The van der Waals surface area contributed by atoms with Crippen LogP contribution in [-0.4, -0.2) is 54.1 Å². The van der Waals surface area contributed by atoms with Crippen LogP contribution in [0.2, 0.25) is 0 Å². The second kappa shape index (κ2) is 10.5. The van der Waals surface area contributed by atoms with Gasteiger partial charge in [0.25, 0.3) is 0 Å². The molecule has 6 aromatic rings. The number of carbonyl (C=O) groups excluding carboxylic acids is 1. The molecule has 0 radical (unpaired) electrons. The highest BCUT2D eigenvalue weighted by atomic mass is 19.1. The van der Waals surface area contributed by atoms with Crippen molar-refractivity contribution in [2.24, 2.45) is 5.92 Å². The van der Waals surface area contributed by atoms with E-state index in [1.165, 1.54) is 12.1 Å². The molecule has 0 atom stereocenters. The van der Waals surface area contributed by atoms with E-state index in [2.05, 4.69) is 40.8 Å². The molecule has 7 rings (SSSR count). The van der Waals surface area contributed by atoms with Crippen molar-refractivity contribution in [3.63, 3.8) is 0 Å². The molecule has 6 heterocycles. The van der Waals surface area contributed by atoms with E-state index in [0.29, 0.717) is 40.8 Å². The maximum absolute atomic E-state index is 13.5. The predicted molar refractivity (Wildman–Crippen MR) is 154 cm³/mol. The number of piperidine rings is 1. The van der Waals surface area contributed by atoms with Crippen LogP contribution in [0.3, 0.4) is 0 Å². The summed E-state index contributed by atoms with van der Waals surface area (Å²) in [6.07, 6.45) is 11.0. The largest absolute Gasteiger partial charge is 0.335 e. The number of pyridine rings is 3. The summed E-state index contributed by atoms with van der Waals surface area (Å²) in [7, 11) is 0. The predicted octanol–water partition coefficient (Wildman–Crippen LogP) is 5.09. The number of fused-ring (bicyclic) bond motifs is 2. The van der Waals surface area contributed by atoms with Gasteiger partial charge in [-0.2, -0.15) is 5.10 Å². The number of anilines is 1. The van der Waals surface area contributed by atoms with E-state index in [4.69, 9.17) is 4.98 Å². The van der Waals surface area contributed by atoms with Gasteiger partial charge in [0, 0.05) is 35.3 Å². The number of benzene rings is 1. The van der Waals surface area contributed by atoms with Crippen LogP contribution in [-0.2, 0) is 4.79 Å². The molecule has 41 heavy (non-hydrogen) atoms. The molecular formula is C30H26FN9O. The molecule has 204 valence electrons. The van der Waals surface area contributed by atoms with E-state index in [1.54, 1.807) is 43.1 Å². The van der Waals surface area contributed by atoms with Gasteiger partial charge in [0.15, 0.2) is 5.82 Å². The van der Waals surface area contributed by atoms with Crippen molar-refractivity contribution < 1.29 is 9.18 Å². The minimum atomic E-state index is -0.302. The number of halogens is 1. The Morgan fingerprint density at radius 2 is 1.78 bits per heavy atom. The van der Waals surface area contributed by atoms with Gasteiger partial charge in [0.1, 0.15) is 11.5 Å². The molecule has 1 aliphatic heterocycles. The summed E-state index contributed by atoms with van der Waals surface area (Å²) < 4.78 is 13.5. The Morgan fingerprint density at radius 3 is 2.63 bits per heavy atom. The second-order valence-corrected chi connectivity index (χ2v) is 10.3. The zero-order valence-electron chi connectivity index (χ0n) is 22.0. The zero-order chi connectivity index (χ0) is 27.8. The molecule has 11 heteroatoms. The average Bonchev–Trinajstić information content (AvgIpc) is 3.62. The number of hydrogen-bond acceptors (Lipinski definition) is 7. The Hall–Kier alpha value is -5.03. The molecule has 10 nitrogen and oxygen atoms in total. The Morgan fingerprint density at radius 1 is 0.951 bits per heavy atom. The molecule has 1 saturated heterocycles. The topological polar surface area (TPSA) is 137 Å². The first-order valence-corrected chi connectivity index (χ1v) is 13.5. The molecule has 0 spiro atoms. The lowest BCUT2D eigenvalue weighted by molar-refractivity contribution is -0.117. The molecular weight excluding hydrogens is 521 g/mol. The monoisotopic (exact) mass is 547 g/mol. The minimum Gasteiger partial charge on any atom is -0.335 e. The van der Waals surface area contributed by atoms with E-state index in [1.807, 2.05) is 12.1 Å². The molecule has 0 bridgehead atoms. The Bertz CT molecular complexity index is 1870. The van der Waals surface area contributed by atoms with Gasteiger partial charge < -0.3 is 15.6 Å². The summed E-state index contributed by atoms with van der Waals surface area (Å²) in [5.74, 6) is 0.661. The number of carbonyl (C=O) groups is 1. The van der Waals surface area contributed by atoms with Crippen molar-refractivity contribution in [1.82, 2.24) is 40.4 Å². The fraction of sp³-hybridized carbons (Fsp3) is 0.200. The van der Waals surface area contributed by atoms with E-state index in [0.717, 1.165) is 59.0 Å². The van der Waals surface area contributed by atoms with Crippen LogP contribution < -0.4 is 10.6 Å². The minimum absolute atomic E-state index is 0.00392. The van der Waals surface area contributed by atoms with Crippen LogP contribution in [0.1, 0.15) is 19.3 Å². The molecule has 4 N–H and O–H groups in total. The second-order valence-electron chi connectivity index (χ2n) is 10.3. The van der Waals surface area contributed by atoms with Crippen LogP contribution in [0.5, 0.6) is 0 Å². The van der Waals surface area contributed by atoms with Crippen molar-refractivity contribution in [1.29, 1.82) is 0 Å². The lowest BCUT2D eigenvalue weighted by Gasteiger charge is -2.21. The van der Waals surface area contributed by atoms with Crippen molar-refractivity contribution in [2.75, 3.05) is 18.4 Å². The standard InChI is InChI=1S/C30H26FN9O/c31-20-3-1-18(2-4-20)23-14-34-15-26-28(23)38-30(37-26)29-22-11-24(35-16-25(22)39-40-29)19-10-21(13-33-12-19)36-27(41)9-17-5-7-32-8-6-17/h1-4,10-17,32H,5-9H2,(H,36,41)(H,37,38)(H,39,40). The van der Waals surface area contributed by atoms with Crippen molar-refractivity contribution in [3.05, 3.63) is 73.2 Å². The highest BCUT2D eigenvalue weighted by Crippen LogP contribution is 2.32. The lowest BCUT2D eigenvalue weighted by Crippen LogP contribution is -2.30. The molecule has 0 unspecified atom stereocenters. The van der Waals surface area contributed by atoms with Gasteiger partial charge in [-0.15, -0.1) is 0 Å². The lowest BCUT2D eigenvalue weighted by atomic mass is 9.94. The van der Waals surface area contributed by atoms with Gasteiger partial charge >= 0.3 is 0 Å². The van der Waals surface area contributed by atoms with Crippen LogP contribution in [0.15, 0.2) is 67.4 Å². The number of rotatable bonds is 6. The Kier molecular flexibility index (Phi) is 6.40. The van der Waals surface area contributed by atoms with Gasteiger partial charge in [-0.25, -0.2) is 9.37 Å². The summed E-state index contributed by atoms with van der Waals surface area (Å²) in [5.41, 5.74) is 6.53. The van der Waals surface area contributed by atoms with Gasteiger partial charge in [-0.1, -0.05) is 12.1 Å². The highest BCUT2D eigenvalue weighted by Gasteiger charge is 2.19. The number of H-pyrrole nitrogens is 2. The number of nitrogens with zero attached hydrogens (tertiary/aromatic N) is 5. The third kappa shape index (κ3) is 5.03. The van der Waals surface area contributed by atoms with Gasteiger partial charge in [0.2, 0.25) is 5.91 Å². The van der Waals surface area contributed by atoms with E-state index in [-0.39, 0.29) is 11.7 Å². The first kappa shape index (κ1) is 25.0. The maximum Gasteiger partial charge on any atom is 0.224 e. The number of aromatic amines is 2. The van der Waals surface area contributed by atoms with Crippen LogP contribution >= 0.6 is 0 Å². The fourth-order valence-corrected chi connectivity index (χ4v) is 5.35. The smallest absolute Gasteiger partial charge is 0.224 e. The van der Waals surface area contributed by atoms with Crippen molar-refractivity contribution in [3.8, 4) is 33.9 Å². The van der Waals surface area contributed by atoms with E-state index in [9.17, 15) is 9.18 Å². The first-order valence-electron chi connectivity index (χ1n) is 13.5. The quantitative estimate of drug-likeness (QED) is 0.228. The summed E-state index contributed by atoms with van der Waals surface area (Å²) in [6.45, 7) is 1.92. The summed E-state index contributed by atoms with van der Waals surface area (Å²) in [6, 6.07) is 10.1. The summed E-state index contributed by atoms with van der Waals surface area (Å²) in [4.78, 5) is 34.1. The molecule has 1 aliphatic rings. The maximum atomic E-state index is 13.5. The van der Waals surface area contributed by atoms with Gasteiger partial charge in [0.05, 0.1) is 46.5 Å². The molecule has 1 fully saturated rings. The number of hydrogen-bond donors (Lipinski definition) is 4. The number of imidazole rings is 1. The summed E-state index contributed by atoms with van der Waals surface area (Å²) >= 11 is 0. The number of nitrogens with one attached hydrogen (secondary N) is 4. The van der Waals surface area contributed by atoms with Crippen LogP contribution in [0, 0.1) is 11.7 Å². The summed E-state index contributed by atoms with van der Waals surface area (Å²) in [5, 5.41) is 14.7. The SMILES string of the molecule is O=C(CC1CCNCC1)Nc1cncc(-c2cc3c(-c4nc5c(-c6ccc(F)cc6)cncc5[nH]4)n[nH]c3cn2)c1. The Balaban J connectivity index is 1.19. The third-order valence-corrected chi connectivity index (χ3v) is 7.47. The highest BCUT2D eigenvalue weighted by molar-refractivity contribution is 5.97. The van der Waals surface area contributed by atoms with Crippen molar-refractivity contribution >= 4 is 33.5 Å². The fourth-order valence-electron chi connectivity index (χ4n) is 5.35. The zero-order valence-corrected chi connectivity index (χ0v) is 22.0. The first-order chi connectivity index (χ1) is 20.1. The van der Waals surface area contributed by atoms with E-state index >= 15 is 0 Å². The van der Waals surface area contributed by atoms with Crippen LogP contribution in [0.25, 0.3) is 55.8 Å². The number of aromatic nitrogens is 7. The molecule has 0 saturated carbocycles. The van der Waals surface area contributed by atoms with E-state index < -0.39 is 0 Å². The molecule has 1 aromatic carbocycles. The Labute approximate surface area is 233 Å².